The molecule has 2 rings (SSSR count). The van der Waals surface area contributed by atoms with Crippen LogP contribution in [0.25, 0.3) is 0 Å². The number of nitrogens with two attached hydrogens (primary N) is 1. The van der Waals surface area contributed by atoms with Gasteiger partial charge < -0.3 is 10.5 Å². The van der Waals surface area contributed by atoms with E-state index < -0.39 is 0 Å². The molecule has 106 valence electrons. The lowest BCUT2D eigenvalue weighted by Crippen LogP contribution is -2.22. The highest BCUT2D eigenvalue weighted by molar-refractivity contribution is 9.10. The zero-order valence-corrected chi connectivity index (χ0v) is 13.9. The van der Waals surface area contributed by atoms with Gasteiger partial charge >= 0.3 is 0 Å². The molecule has 2 nitrogen and oxygen atoms in total. The zero-order chi connectivity index (χ0) is 14.5. The number of benzene rings is 2. The van der Waals surface area contributed by atoms with Crippen molar-refractivity contribution >= 4 is 27.7 Å². The standard InChI is InChI=1S/C16H18BrNOS/c1-11(18)16(14-5-3-4-6-15(14)17)20-13-9-7-12(19-2)8-10-13/h3-11,16H,18H2,1-2H3. The molecule has 0 saturated carbocycles. The van der Waals surface area contributed by atoms with E-state index in [1.807, 2.05) is 31.2 Å². The molecule has 2 aromatic carbocycles. The third-order valence-electron chi connectivity index (χ3n) is 3.01. The lowest BCUT2D eigenvalue weighted by atomic mass is 10.1. The molecule has 20 heavy (non-hydrogen) atoms. The molecule has 0 fully saturated rings. The van der Waals surface area contributed by atoms with E-state index in [2.05, 4.69) is 40.2 Å². The second-order valence-electron chi connectivity index (χ2n) is 4.59. The molecule has 0 radical (unpaired) electrons. The minimum absolute atomic E-state index is 0.0563. The van der Waals surface area contributed by atoms with Crippen molar-refractivity contribution in [3.8, 4) is 5.75 Å². The van der Waals surface area contributed by atoms with Gasteiger partial charge in [-0.1, -0.05) is 34.1 Å². The van der Waals surface area contributed by atoms with E-state index in [1.165, 1.54) is 10.5 Å². The number of halogens is 1. The van der Waals surface area contributed by atoms with Crippen LogP contribution in [0.15, 0.2) is 57.9 Å². The Hall–Kier alpha value is -0.970. The molecule has 0 aliphatic heterocycles. The fraction of sp³-hybridized carbons (Fsp3) is 0.250. The van der Waals surface area contributed by atoms with Crippen LogP contribution in [0.5, 0.6) is 5.75 Å². The number of hydrogen-bond donors (Lipinski definition) is 1. The van der Waals surface area contributed by atoms with E-state index in [0.717, 1.165) is 10.2 Å². The van der Waals surface area contributed by atoms with Crippen molar-refractivity contribution in [1.29, 1.82) is 0 Å². The van der Waals surface area contributed by atoms with Gasteiger partial charge in [0.05, 0.1) is 12.4 Å². The van der Waals surface area contributed by atoms with Gasteiger partial charge in [-0.25, -0.2) is 0 Å². The smallest absolute Gasteiger partial charge is 0.118 e. The first kappa shape index (κ1) is 15.4. The van der Waals surface area contributed by atoms with Gasteiger partial charge in [0, 0.05) is 15.4 Å². The van der Waals surface area contributed by atoms with Crippen molar-refractivity contribution in [1.82, 2.24) is 0 Å². The van der Waals surface area contributed by atoms with Gasteiger partial charge in [-0.15, -0.1) is 11.8 Å². The second-order valence-corrected chi connectivity index (χ2v) is 6.66. The lowest BCUT2D eigenvalue weighted by molar-refractivity contribution is 0.414. The summed E-state index contributed by atoms with van der Waals surface area (Å²) in [7, 11) is 1.67. The molecule has 0 spiro atoms. The predicted octanol–water partition coefficient (Wildman–Crippen LogP) is 4.64. The summed E-state index contributed by atoms with van der Waals surface area (Å²) < 4.78 is 6.28. The van der Waals surface area contributed by atoms with E-state index in [-0.39, 0.29) is 11.3 Å². The van der Waals surface area contributed by atoms with E-state index >= 15 is 0 Å². The van der Waals surface area contributed by atoms with E-state index in [4.69, 9.17) is 10.5 Å². The molecular formula is C16H18BrNOS. The van der Waals surface area contributed by atoms with Crippen molar-refractivity contribution in [3.05, 3.63) is 58.6 Å². The summed E-state index contributed by atoms with van der Waals surface area (Å²) in [5, 5.41) is 0.207. The van der Waals surface area contributed by atoms with E-state index in [9.17, 15) is 0 Å². The van der Waals surface area contributed by atoms with Crippen molar-refractivity contribution < 1.29 is 4.74 Å². The lowest BCUT2D eigenvalue weighted by Gasteiger charge is -2.22. The molecule has 0 bridgehead atoms. The number of rotatable bonds is 5. The summed E-state index contributed by atoms with van der Waals surface area (Å²) >= 11 is 5.39. The van der Waals surface area contributed by atoms with Crippen LogP contribution in [-0.2, 0) is 0 Å². The van der Waals surface area contributed by atoms with Gasteiger partial charge in [0.1, 0.15) is 5.75 Å². The van der Waals surface area contributed by atoms with Crippen LogP contribution < -0.4 is 10.5 Å². The van der Waals surface area contributed by atoms with E-state index in [0.29, 0.717) is 0 Å². The van der Waals surface area contributed by atoms with Crippen molar-refractivity contribution in [2.75, 3.05) is 7.11 Å². The first-order valence-corrected chi connectivity index (χ1v) is 8.10. The minimum atomic E-state index is 0.0563. The largest absolute Gasteiger partial charge is 0.497 e. The molecule has 0 amide bonds. The first-order chi connectivity index (χ1) is 9.61. The Kier molecular flexibility index (Phi) is 5.52. The number of thioether (sulfide) groups is 1. The first-order valence-electron chi connectivity index (χ1n) is 6.42. The van der Waals surface area contributed by atoms with Crippen LogP contribution in [0.1, 0.15) is 17.7 Å². The topological polar surface area (TPSA) is 35.2 Å². The van der Waals surface area contributed by atoms with Gasteiger partial charge in [-0.3, -0.25) is 0 Å². The summed E-state index contributed by atoms with van der Waals surface area (Å²) in [5.74, 6) is 0.868. The van der Waals surface area contributed by atoms with Crippen LogP contribution in [0, 0.1) is 0 Å². The summed E-state index contributed by atoms with van der Waals surface area (Å²) in [6, 6.07) is 16.4. The highest BCUT2D eigenvalue weighted by atomic mass is 79.9. The Labute approximate surface area is 132 Å². The molecule has 0 heterocycles. The maximum atomic E-state index is 6.18. The average molecular weight is 352 g/mol. The highest BCUT2D eigenvalue weighted by Gasteiger charge is 2.19. The van der Waals surface area contributed by atoms with Gasteiger partial charge in [0.2, 0.25) is 0 Å². The number of methoxy groups -OCH3 is 1. The Morgan fingerprint density at radius 3 is 2.30 bits per heavy atom. The summed E-state index contributed by atoms with van der Waals surface area (Å²) in [5.41, 5.74) is 7.40. The van der Waals surface area contributed by atoms with Crippen molar-refractivity contribution in [2.45, 2.75) is 23.1 Å². The maximum Gasteiger partial charge on any atom is 0.118 e. The molecule has 0 aromatic heterocycles. The van der Waals surface area contributed by atoms with Gasteiger partial charge in [-0.05, 0) is 42.8 Å². The van der Waals surface area contributed by atoms with Gasteiger partial charge in [-0.2, -0.15) is 0 Å². The average Bonchev–Trinajstić information content (AvgIpc) is 2.46. The van der Waals surface area contributed by atoms with Gasteiger partial charge in [0.15, 0.2) is 0 Å². The zero-order valence-electron chi connectivity index (χ0n) is 11.5. The molecule has 0 aliphatic rings. The van der Waals surface area contributed by atoms with Gasteiger partial charge in [0.25, 0.3) is 0 Å². The van der Waals surface area contributed by atoms with E-state index in [1.54, 1.807) is 18.9 Å². The SMILES string of the molecule is COc1ccc(SC(c2ccccc2Br)C(C)N)cc1. The number of hydrogen-bond acceptors (Lipinski definition) is 3. The Morgan fingerprint density at radius 1 is 1.10 bits per heavy atom. The summed E-state index contributed by atoms with van der Waals surface area (Å²) in [6.45, 7) is 2.04. The molecule has 0 aliphatic carbocycles. The summed E-state index contributed by atoms with van der Waals surface area (Å²) in [4.78, 5) is 1.18. The Balaban J connectivity index is 2.23. The van der Waals surface area contributed by atoms with Crippen LogP contribution in [0.2, 0.25) is 0 Å². The van der Waals surface area contributed by atoms with Crippen LogP contribution in [0.3, 0.4) is 0 Å². The molecule has 2 N–H and O–H groups in total. The molecule has 4 heteroatoms. The van der Waals surface area contributed by atoms with Crippen LogP contribution in [-0.4, -0.2) is 13.2 Å². The fourth-order valence-corrected chi connectivity index (χ4v) is 3.78. The molecule has 0 saturated heterocycles. The summed E-state index contributed by atoms with van der Waals surface area (Å²) in [6.07, 6.45) is 0. The monoisotopic (exact) mass is 351 g/mol. The fourth-order valence-electron chi connectivity index (χ4n) is 1.96. The quantitative estimate of drug-likeness (QED) is 0.797. The number of ether oxygens (including phenoxy) is 1. The maximum absolute atomic E-state index is 6.18. The Morgan fingerprint density at radius 2 is 1.75 bits per heavy atom. The minimum Gasteiger partial charge on any atom is -0.497 e. The highest BCUT2D eigenvalue weighted by Crippen LogP contribution is 2.40. The Bertz CT molecular complexity index is 557. The third kappa shape index (κ3) is 3.78. The predicted molar refractivity (Wildman–Crippen MR) is 89.4 cm³/mol. The third-order valence-corrected chi connectivity index (χ3v) is 5.22. The molecule has 2 aromatic rings. The molecule has 2 unspecified atom stereocenters. The normalized spacial score (nSPS) is 13.8. The van der Waals surface area contributed by atoms with Crippen molar-refractivity contribution in [2.24, 2.45) is 5.73 Å². The second kappa shape index (κ2) is 7.16. The van der Waals surface area contributed by atoms with Crippen LogP contribution >= 0.6 is 27.7 Å². The van der Waals surface area contributed by atoms with Crippen molar-refractivity contribution in [3.63, 3.8) is 0 Å². The molecule has 2 atom stereocenters. The van der Waals surface area contributed by atoms with Crippen LogP contribution in [0.4, 0.5) is 0 Å². The molecular weight excluding hydrogens is 334 g/mol.